The van der Waals surface area contributed by atoms with Gasteiger partial charge in [-0.3, -0.25) is 4.79 Å². The van der Waals surface area contributed by atoms with Crippen LogP contribution in [0, 0.1) is 27.7 Å². The molecule has 0 saturated carbocycles. The Morgan fingerprint density at radius 2 is 1.70 bits per heavy atom. The van der Waals surface area contributed by atoms with Gasteiger partial charge in [0.25, 0.3) is 5.91 Å². The van der Waals surface area contributed by atoms with E-state index in [1.807, 2.05) is 76.2 Å². The predicted molar refractivity (Wildman–Crippen MR) is 131 cm³/mol. The summed E-state index contributed by atoms with van der Waals surface area (Å²) in [4.78, 5) is 16.1. The van der Waals surface area contributed by atoms with Crippen LogP contribution in [-0.4, -0.2) is 35.3 Å². The zero-order chi connectivity index (χ0) is 23.9. The van der Waals surface area contributed by atoms with Crippen LogP contribution in [-0.2, 0) is 9.84 Å². The summed E-state index contributed by atoms with van der Waals surface area (Å²) in [6.07, 6.45) is 4.47. The molecular formula is C26H27N3O3S. The normalized spacial score (nSPS) is 13.1. The van der Waals surface area contributed by atoms with E-state index >= 15 is 0 Å². The minimum absolute atomic E-state index is 0.163. The molecule has 1 N–H and O–H groups in total. The van der Waals surface area contributed by atoms with Crippen LogP contribution in [0.15, 0.2) is 65.7 Å². The topological polar surface area (TPSA) is 84.8 Å². The van der Waals surface area contributed by atoms with Crippen LogP contribution in [0.4, 0.5) is 0 Å². The number of carbonyl (C=O) groups excluding carboxylic acids is 1. The summed E-state index contributed by atoms with van der Waals surface area (Å²) in [5.41, 5.74) is 5.88. The number of hydrogen-bond donors (Lipinski definition) is 1. The van der Waals surface area contributed by atoms with Crippen molar-refractivity contribution < 1.29 is 13.2 Å². The number of aryl methyl sites for hydroxylation is 2. The van der Waals surface area contributed by atoms with Crippen molar-refractivity contribution in [2.75, 3.05) is 6.26 Å². The van der Waals surface area contributed by atoms with E-state index < -0.39 is 15.8 Å². The first-order valence-electron chi connectivity index (χ1n) is 10.7. The van der Waals surface area contributed by atoms with Crippen LogP contribution < -0.4 is 0 Å². The molecule has 0 bridgehead atoms. The molecule has 7 heteroatoms. The van der Waals surface area contributed by atoms with Gasteiger partial charge in [-0.05, 0) is 50.5 Å². The summed E-state index contributed by atoms with van der Waals surface area (Å²) in [6, 6.07) is 15.3. The Morgan fingerprint density at radius 1 is 1.03 bits per heavy atom. The van der Waals surface area contributed by atoms with Crippen LogP contribution in [0.2, 0.25) is 0 Å². The number of H-pyrrole nitrogens is 1. The van der Waals surface area contributed by atoms with E-state index in [0.717, 1.165) is 39.0 Å². The highest BCUT2D eigenvalue weighted by atomic mass is 32.2. The third-order valence-corrected chi connectivity index (χ3v) is 7.27. The number of para-hydroxylation sites is 1. The molecule has 0 fully saturated rings. The third-order valence-electron chi connectivity index (χ3n) is 6.21. The molecule has 0 amide bonds. The van der Waals surface area contributed by atoms with Gasteiger partial charge in [-0.15, -0.1) is 0 Å². The van der Waals surface area contributed by atoms with E-state index in [0.29, 0.717) is 5.56 Å². The Labute approximate surface area is 193 Å². The number of aromatic amines is 1. The fraction of sp³-hybridized carbons (Fsp3) is 0.231. The summed E-state index contributed by atoms with van der Waals surface area (Å²) < 4.78 is 26.9. The first-order valence-corrected chi connectivity index (χ1v) is 12.6. The zero-order valence-corrected chi connectivity index (χ0v) is 20.2. The number of sulfone groups is 1. The minimum atomic E-state index is -3.55. The smallest absolute Gasteiger partial charge is 0.270 e. The van der Waals surface area contributed by atoms with Gasteiger partial charge in [-0.1, -0.05) is 48.5 Å². The van der Waals surface area contributed by atoms with Gasteiger partial charge in [0, 0.05) is 40.4 Å². The second kappa shape index (κ2) is 8.48. The number of nitrogens with one attached hydrogen (secondary N) is 1. The zero-order valence-electron chi connectivity index (χ0n) is 19.4. The number of aromatic nitrogens is 3. The molecule has 6 nitrogen and oxygen atoms in total. The second-order valence-corrected chi connectivity index (χ2v) is 10.4. The Balaban J connectivity index is 1.93. The standard InChI is InChI=1S/C26H27N3O3S/c1-16-10-6-7-11-20(16)21(14-15-24(30)29-19(4)17(2)18(3)28-29)25-22-12-8-9-13-23(22)27-26(25)33(5,31)32/h6-15,21,27H,1-5H3/b15-14+/t21-/m1/s1. The minimum Gasteiger partial charge on any atom is -0.345 e. The number of nitrogens with zero attached hydrogens (tertiary/aromatic N) is 2. The van der Waals surface area contributed by atoms with Gasteiger partial charge in [0.05, 0.1) is 5.69 Å². The molecular weight excluding hydrogens is 434 g/mol. The lowest BCUT2D eigenvalue weighted by atomic mass is 9.88. The molecule has 2 aromatic carbocycles. The largest absolute Gasteiger partial charge is 0.345 e. The van der Waals surface area contributed by atoms with Crippen molar-refractivity contribution in [1.82, 2.24) is 14.8 Å². The summed E-state index contributed by atoms with van der Waals surface area (Å²) in [5.74, 6) is -0.725. The number of rotatable bonds is 5. The summed E-state index contributed by atoms with van der Waals surface area (Å²) >= 11 is 0. The Bertz CT molecular complexity index is 1510. The van der Waals surface area contributed by atoms with E-state index in [1.54, 1.807) is 6.08 Å². The molecule has 0 aliphatic heterocycles. The van der Waals surface area contributed by atoms with E-state index in [4.69, 9.17) is 0 Å². The first-order chi connectivity index (χ1) is 15.6. The van der Waals surface area contributed by atoms with Crippen molar-refractivity contribution in [3.63, 3.8) is 0 Å². The molecule has 0 aliphatic carbocycles. The van der Waals surface area contributed by atoms with Crippen molar-refractivity contribution in [3.8, 4) is 0 Å². The van der Waals surface area contributed by atoms with E-state index in [1.165, 1.54) is 17.0 Å². The molecule has 0 aliphatic rings. The lowest BCUT2D eigenvalue weighted by Crippen LogP contribution is -2.13. The fourth-order valence-electron chi connectivity index (χ4n) is 4.22. The molecule has 0 saturated heterocycles. The average molecular weight is 462 g/mol. The third kappa shape index (κ3) is 4.16. The van der Waals surface area contributed by atoms with Crippen molar-refractivity contribution >= 4 is 26.6 Å². The van der Waals surface area contributed by atoms with Crippen LogP contribution in [0.1, 0.15) is 44.4 Å². The fourth-order valence-corrected chi connectivity index (χ4v) is 5.15. The molecule has 0 radical (unpaired) electrons. The summed E-state index contributed by atoms with van der Waals surface area (Å²) in [5, 5.41) is 5.33. The van der Waals surface area contributed by atoms with Gasteiger partial charge in [0.1, 0.15) is 5.03 Å². The molecule has 170 valence electrons. The molecule has 2 aromatic heterocycles. The maximum atomic E-state index is 13.1. The summed E-state index contributed by atoms with van der Waals surface area (Å²) in [7, 11) is -3.55. The Hall–Kier alpha value is -3.45. The molecule has 0 unspecified atom stereocenters. The SMILES string of the molecule is Cc1ccccc1[C@@H](/C=C/C(=O)n1nc(C)c(C)c1C)c1c(S(C)(=O)=O)[nH]c2ccccc12. The Kier molecular flexibility index (Phi) is 5.84. The van der Waals surface area contributed by atoms with Crippen molar-refractivity contribution in [1.29, 1.82) is 0 Å². The van der Waals surface area contributed by atoms with Crippen molar-refractivity contribution in [3.05, 3.63) is 94.3 Å². The number of benzene rings is 2. The Morgan fingerprint density at radius 3 is 2.33 bits per heavy atom. The van der Waals surface area contributed by atoms with Gasteiger partial charge in [0.2, 0.25) is 0 Å². The van der Waals surface area contributed by atoms with E-state index in [2.05, 4.69) is 10.1 Å². The maximum absolute atomic E-state index is 13.1. The summed E-state index contributed by atoms with van der Waals surface area (Å²) in [6.45, 7) is 7.65. The van der Waals surface area contributed by atoms with Gasteiger partial charge < -0.3 is 4.98 Å². The van der Waals surface area contributed by atoms with Gasteiger partial charge in [-0.25, -0.2) is 13.1 Å². The number of fused-ring (bicyclic) bond motifs is 1. The van der Waals surface area contributed by atoms with Crippen molar-refractivity contribution in [2.45, 2.75) is 38.6 Å². The quantitative estimate of drug-likeness (QED) is 0.423. The highest BCUT2D eigenvalue weighted by molar-refractivity contribution is 7.90. The van der Waals surface area contributed by atoms with Crippen molar-refractivity contribution in [2.24, 2.45) is 0 Å². The predicted octanol–water partition coefficient (Wildman–Crippen LogP) is 5.03. The van der Waals surface area contributed by atoms with E-state index in [-0.39, 0.29) is 10.9 Å². The van der Waals surface area contributed by atoms with E-state index in [9.17, 15) is 13.2 Å². The second-order valence-electron chi connectivity index (χ2n) is 8.42. The lowest BCUT2D eigenvalue weighted by molar-refractivity contribution is 0.0951. The molecule has 1 atom stereocenters. The van der Waals surface area contributed by atoms with Gasteiger partial charge in [-0.2, -0.15) is 5.10 Å². The van der Waals surface area contributed by atoms with Gasteiger partial charge >= 0.3 is 0 Å². The highest BCUT2D eigenvalue weighted by Crippen LogP contribution is 2.38. The number of carbonyl (C=O) groups is 1. The molecule has 2 heterocycles. The molecule has 4 aromatic rings. The molecule has 0 spiro atoms. The molecule has 4 rings (SSSR count). The highest BCUT2D eigenvalue weighted by Gasteiger charge is 2.27. The number of hydrogen-bond acceptors (Lipinski definition) is 4. The average Bonchev–Trinajstić information content (AvgIpc) is 3.28. The molecule has 33 heavy (non-hydrogen) atoms. The van der Waals surface area contributed by atoms with Gasteiger partial charge in [0.15, 0.2) is 9.84 Å². The maximum Gasteiger partial charge on any atom is 0.270 e. The van der Waals surface area contributed by atoms with Crippen LogP contribution in [0.25, 0.3) is 10.9 Å². The van der Waals surface area contributed by atoms with Crippen LogP contribution in [0.5, 0.6) is 0 Å². The van der Waals surface area contributed by atoms with Crippen LogP contribution in [0.3, 0.4) is 0 Å². The lowest BCUT2D eigenvalue weighted by Gasteiger charge is -2.17. The monoisotopic (exact) mass is 461 g/mol. The van der Waals surface area contributed by atoms with Crippen LogP contribution >= 0.6 is 0 Å². The number of allylic oxidation sites excluding steroid dienone is 2. The first kappa shape index (κ1) is 22.7.